The zero-order valence-corrected chi connectivity index (χ0v) is 11.4. The van der Waals surface area contributed by atoms with Crippen molar-refractivity contribution in [3.8, 4) is 0 Å². The molecule has 0 aliphatic rings. The standard InChI is InChI=1S/C13H30N2/c1-6-13(7-2)15(10-5)12-11-14(8-3)9-4/h13H,6-12H2,1-5H3. The minimum atomic E-state index is 0.783. The van der Waals surface area contributed by atoms with Crippen molar-refractivity contribution in [2.75, 3.05) is 32.7 Å². The topological polar surface area (TPSA) is 6.48 Å². The van der Waals surface area contributed by atoms with E-state index >= 15 is 0 Å². The van der Waals surface area contributed by atoms with Gasteiger partial charge in [0.25, 0.3) is 0 Å². The third-order valence-electron chi connectivity index (χ3n) is 3.46. The number of nitrogens with zero attached hydrogens (tertiary/aromatic N) is 2. The van der Waals surface area contributed by atoms with Gasteiger partial charge in [0, 0.05) is 19.1 Å². The van der Waals surface area contributed by atoms with E-state index in [-0.39, 0.29) is 0 Å². The molecule has 0 rings (SSSR count). The van der Waals surface area contributed by atoms with Gasteiger partial charge < -0.3 is 4.90 Å². The van der Waals surface area contributed by atoms with Crippen molar-refractivity contribution in [3.05, 3.63) is 0 Å². The molecule has 0 amide bonds. The van der Waals surface area contributed by atoms with Gasteiger partial charge in [-0.15, -0.1) is 0 Å². The third kappa shape index (κ3) is 5.53. The van der Waals surface area contributed by atoms with Gasteiger partial charge in [0.2, 0.25) is 0 Å². The Bertz CT molecular complexity index is 128. The normalized spacial score (nSPS) is 12.0. The van der Waals surface area contributed by atoms with E-state index in [2.05, 4.69) is 44.4 Å². The Kier molecular flexibility index (Phi) is 9.12. The molecule has 15 heavy (non-hydrogen) atoms. The van der Waals surface area contributed by atoms with Crippen molar-refractivity contribution < 1.29 is 0 Å². The van der Waals surface area contributed by atoms with Crippen LogP contribution in [-0.2, 0) is 0 Å². The average Bonchev–Trinajstić information content (AvgIpc) is 2.29. The van der Waals surface area contributed by atoms with E-state index < -0.39 is 0 Å². The maximum Gasteiger partial charge on any atom is 0.0112 e. The molecule has 0 atom stereocenters. The molecule has 0 N–H and O–H groups in total. The van der Waals surface area contributed by atoms with Crippen molar-refractivity contribution >= 4 is 0 Å². The molecule has 0 unspecified atom stereocenters. The molecule has 2 heteroatoms. The maximum atomic E-state index is 2.62. The summed E-state index contributed by atoms with van der Waals surface area (Å²) in [6, 6.07) is 0.783. The second-order valence-corrected chi connectivity index (χ2v) is 4.13. The lowest BCUT2D eigenvalue weighted by atomic mass is 10.1. The van der Waals surface area contributed by atoms with Crippen molar-refractivity contribution in [2.45, 2.75) is 53.5 Å². The molecule has 0 aromatic carbocycles. The van der Waals surface area contributed by atoms with E-state index in [0.29, 0.717) is 0 Å². The van der Waals surface area contributed by atoms with Crippen LogP contribution in [0.2, 0.25) is 0 Å². The summed E-state index contributed by atoms with van der Waals surface area (Å²) in [4.78, 5) is 5.13. The van der Waals surface area contributed by atoms with Crippen molar-refractivity contribution in [3.63, 3.8) is 0 Å². The van der Waals surface area contributed by atoms with Gasteiger partial charge in [-0.1, -0.05) is 34.6 Å². The van der Waals surface area contributed by atoms with Crippen LogP contribution >= 0.6 is 0 Å². The zero-order chi connectivity index (χ0) is 11.7. The van der Waals surface area contributed by atoms with Crippen LogP contribution in [0.25, 0.3) is 0 Å². The number of rotatable bonds is 9. The summed E-state index contributed by atoms with van der Waals surface area (Å²) in [5, 5.41) is 0. The minimum Gasteiger partial charge on any atom is -0.303 e. The first-order chi connectivity index (χ1) is 7.23. The molecule has 2 nitrogen and oxygen atoms in total. The Balaban J connectivity index is 3.97. The smallest absolute Gasteiger partial charge is 0.0112 e. The number of likely N-dealkylation sites (N-methyl/N-ethyl adjacent to an activating group) is 2. The summed E-state index contributed by atoms with van der Waals surface area (Å²) in [5.74, 6) is 0. The first kappa shape index (κ1) is 14.9. The van der Waals surface area contributed by atoms with E-state index in [1.807, 2.05) is 0 Å². The lowest BCUT2D eigenvalue weighted by Crippen LogP contribution is -2.40. The van der Waals surface area contributed by atoms with Crippen LogP contribution in [0.15, 0.2) is 0 Å². The van der Waals surface area contributed by atoms with Crippen molar-refractivity contribution in [1.82, 2.24) is 9.80 Å². The lowest BCUT2D eigenvalue weighted by molar-refractivity contribution is 0.164. The van der Waals surface area contributed by atoms with Gasteiger partial charge in [-0.3, -0.25) is 4.90 Å². The second-order valence-electron chi connectivity index (χ2n) is 4.13. The highest BCUT2D eigenvalue weighted by Gasteiger charge is 2.13. The summed E-state index contributed by atoms with van der Waals surface area (Å²) in [7, 11) is 0. The summed E-state index contributed by atoms with van der Waals surface area (Å²) in [6.45, 7) is 17.4. The lowest BCUT2D eigenvalue weighted by Gasteiger charge is -2.31. The summed E-state index contributed by atoms with van der Waals surface area (Å²) >= 11 is 0. The Hall–Kier alpha value is -0.0800. The Morgan fingerprint density at radius 2 is 1.27 bits per heavy atom. The first-order valence-electron chi connectivity index (χ1n) is 6.69. The highest BCUT2D eigenvalue weighted by molar-refractivity contribution is 4.69. The molecule has 0 spiro atoms. The van der Waals surface area contributed by atoms with Crippen LogP contribution in [0.1, 0.15) is 47.5 Å². The predicted molar refractivity (Wildman–Crippen MR) is 69.4 cm³/mol. The van der Waals surface area contributed by atoms with Gasteiger partial charge in [-0.2, -0.15) is 0 Å². The maximum absolute atomic E-state index is 2.62. The van der Waals surface area contributed by atoms with Crippen LogP contribution in [0.4, 0.5) is 0 Å². The van der Waals surface area contributed by atoms with Gasteiger partial charge in [0.1, 0.15) is 0 Å². The van der Waals surface area contributed by atoms with Crippen molar-refractivity contribution in [1.29, 1.82) is 0 Å². The molecule has 92 valence electrons. The highest BCUT2D eigenvalue weighted by Crippen LogP contribution is 2.07. The van der Waals surface area contributed by atoms with E-state index in [4.69, 9.17) is 0 Å². The van der Waals surface area contributed by atoms with Gasteiger partial charge in [0.15, 0.2) is 0 Å². The van der Waals surface area contributed by atoms with Crippen LogP contribution in [0.5, 0.6) is 0 Å². The first-order valence-corrected chi connectivity index (χ1v) is 6.69. The van der Waals surface area contributed by atoms with E-state index in [9.17, 15) is 0 Å². The molecule has 0 radical (unpaired) electrons. The fourth-order valence-corrected chi connectivity index (χ4v) is 2.21. The highest BCUT2D eigenvalue weighted by atomic mass is 15.2. The van der Waals surface area contributed by atoms with Crippen molar-refractivity contribution in [2.24, 2.45) is 0 Å². The third-order valence-corrected chi connectivity index (χ3v) is 3.46. The molecule has 0 bridgehead atoms. The van der Waals surface area contributed by atoms with Crippen LogP contribution in [-0.4, -0.2) is 48.6 Å². The minimum absolute atomic E-state index is 0.783. The predicted octanol–water partition coefficient (Wildman–Crippen LogP) is 2.84. The molecule has 0 saturated carbocycles. The Labute approximate surface area is 96.6 Å². The molecule has 0 fully saturated rings. The zero-order valence-electron chi connectivity index (χ0n) is 11.4. The van der Waals surface area contributed by atoms with Crippen LogP contribution in [0, 0.1) is 0 Å². The molecule has 0 aliphatic heterocycles. The molecule has 0 aromatic heterocycles. The quantitative estimate of drug-likeness (QED) is 0.582. The van der Waals surface area contributed by atoms with Gasteiger partial charge >= 0.3 is 0 Å². The molecule has 0 heterocycles. The summed E-state index contributed by atoms with van der Waals surface area (Å²) in [5.41, 5.74) is 0. The average molecular weight is 214 g/mol. The number of hydrogen-bond acceptors (Lipinski definition) is 2. The Morgan fingerprint density at radius 3 is 1.60 bits per heavy atom. The molecule has 0 aliphatic carbocycles. The monoisotopic (exact) mass is 214 g/mol. The van der Waals surface area contributed by atoms with Crippen LogP contribution in [0.3, 0.4) is 0 Å². The largest absolute Gasteiger partial charge is 0.303 e. The summed E-state index contributed by atoms with van der Waals surface area (Å²) < 4.78 is 0. The summed E-state index contributed by atoms with van der Waals surface area (Å²) in [6.07, 6.45) is 2.56. The van der Waals surface area contributed by atoms with E-state index in [1.165, 1.54) is 45.6 Å². The molecular formula is C13H30N2. The fraction of sp³-hybridized carbons (Fsp3) is 1.00. The van der Waals surface area contributed by atoms with Gasteiger partial charge in [0.05, 0.1) is 0 Å². The number of hydrogen-bond donors (Lipinski definition) is 0. The van der Waals surface area contributed by atoms with Crippen LogP contribution < -0.4 is 0 Å². The van der Waals surface area contributed by atoms with Gasteiger partial charge in [-0.05, 0) is 32.5 Å². The molecular weight excluding hydrogens is 184 g/mol. The molecule has 0 aromatic rings. The fourth-order valence-electron chi connectivity index (χ4n) is 2.21. The SMILES string of the molecule is CCC(CC)N(CC)CCN(CC)CC. The van der Waals surface area contributed by atoms with E-state index in [0.717, 1.165) is 6.04 Å². The molecule has 0 saturated heterocycles. The second kappa shape index (κ2) is 9.17. The van der Waals surface area contributed by atoms with Gasteiger partial charge in [-0.25, -0.2) is 0 Å². The Morgan fingerprint density at radius 1 is 0.733 bits per heavy atom. The van der Waals surface area contributed by atoms with E-state index in [1.54, 1.807) is 0 Å².